The number of halogens is 1. The van der Waals surface area contributed by atoms with Crippen LogP contribution in [0.25, 0.3) is 6.08 Å². The molecule has 3 rings (SSSR count). The first kappa shape index (κ1) is 15.7. The summed E-state index contributed by atoms with van der Waals surface area (Å²) >= 11 is 3.36. The second-order valence-corrected chi connectivity index (χ2v) is 6.49. The molecule has 1 saturated carbocycles. The molecule has 0 bridgehead atoms. The number of carbonyl (C=O) groups excluding carboxylic acids is 2. The van der Waals surface area contributed by atoms with Gasteiger partial charge in [-0.25, -0.2) is 0 Å². The van der Waals surface area contributed by atoms with Crippen LogP contribution in [-0.2, 0) is 0 Å². The molecule has 1 N–H and O–H groups in total. The van der Waals surface area contributed by atoms with Crippen molar-refractivity contribution in [1.82, 2.24) is 5.32 Å². The highest BCUT2D eigenvalue weighted by molar-refractivity contribution is 9.10. The Morgan fingerprint density at radius 3 is 2.43 bits per heavy atom. The van der Waals surface area contributed by atoms with Crippen molar-refractivity contribution in [2.45, 2.75) is 18.9 Å². The van der Waals surface area contributed by atoms with Gasteiger partial charge in [-0.2, -0.15) is 0 Å². The number of amides is 1. The maximum Gasteiger partial charge on any atom is 0.251 e. The molecule has 0 heterocycles. The molecule has 23 heavy (non-hydrogen) atoms. The van der Waals surface area contributed by atoms with Crippen LogP contribution < -0.4 is 5.32 Å². The number of nitrogens with one attached hydrogen (secondary N) is 1. The van der Waals surface area contributed by atoms with Crippen molar-refractivity contribution in [2.75, 3.05) is 0 Å². The van der Waals surface area contributed by atoms with Gasteiger partial charge in [0.2, 0.25) is 0 Å². The molecule has 1 amide bonds. The molecule has 0 aromatic heterocycles. The first-order valence-electron chi connectivity index (χ1n) is 7.51. The Morgan fingerprint density at radius 1 is 1.04 bits per heavy atom. The Bertz CT molecular complexity index is 761. The van der Waals surface area contributed by atoms with Crippen LogP contribution in [-0.4, -0.2) is 17.7 Å². The van der Waals surface area contributed by atoms with Gasteiger partial charge in [-0.3, -0.25) is 9.59 Å². The summed E-state index contributed by atoms with van der Waals surface area (Å²) in [5.74, 6) is -0.0879. The molecule has 1 fully saturated rings. The van der Waals surface area contributed by atoms with Gasteiger partial charge < -0.3 is 5.32 Å². The number of benzene rings is 2. The summed E-state index contributed by atoms with van der Waals surface area (Å²) in [5, 5.41) is 2.95. The van der Waals surface area contributed by atoms with E-state index in [1.807, 2.05) is 24.3 Å². The fourth-order valence-corrected chi connectivity index (χ4v) is 2.55. The molecule has 4 heteroatoms. The van der Waals surface area contributed by atoms with Crippen LogP contribution in [0.15, 0.2) is 59.1 Å². The molecule has 1 aliphatic carbocycles. The van der Waals surface area contributed by atoms with Gasteiger partial charge in [-0.1, -0.05) is 46.3 Å². The summed E-state index contributed by atoms with van der Waals surface area (Å²) in [5.41, 5.74) is 2.17. The van der Waals surface area contributed by atoms with Crippen LogP contribution in [0.3, 0.4) is 0 Å². The first-order valence-corrected chi connectivity index (χ1v) is 8.30. The minimum absolute atomic E-state index is 0.0340. The van der Waals surface area contributed by atoms with Crippen molar-refractivity contribution in [3.63, 3.8) is 0 Å². The minimum atomic E-state index is -0.0538. The third-order valence-corrected chi connectivity index (χ3v) is 4.11. The second-order valence-electron chi connectivity index (χ2n) is 5.58. The van der Waals surface area contributed by atoms with Crippen molar-refractivity contribution < 1.29 is 9.59 Å². The van der Waals surface area contributed by atoms with Crippen LogP contribution in [0.1, 0.15) is 39.1 Å². The smallest absolute Gasteiger partial charge is 0.251 e. The number of ketones is 1. The topological polar surface area (TPSA) is 46.2 Å². The van der Waals surface area contributed by atoms with E-state index in [9.17, 15) is 9.59 Å². The molecule has 0 aliphatic heterocycles. The number of allylic oxidation sites excluding steroid dienone is 1. The summed E-state index contributed by atoms with van der Waals surface area (Å²) in [7, 11) is 0. The molecule has 0 unspecified atom stereocenters. The Labute approximate surface area is 143 Å². The van der Waals surface area contributed by atoms with Crippen molar-refractivity contribution in [2.24, 2.45) is 0 Å². The molecule has 0 spiro atoms. The SMILES string of the molecule is O=C(C=Cc1ccc(C(=O)NC2CC2)cc1)c1cccc(Br)c1. The predicted molar refractivity (Wildman–Crippen MR) is 94.4 cm³/mol. The summed E-state index contributed by atoms with van der Waals surface area (Å²) in [4.78, 5) is 24.0. The van der Waals surface area contributed by atoms with E-state index >= 15 is 0 Å². The van der Waals surface area contributed by atoms with Gasteiger partial charge in [0.1, 0.15) is 0 Å². The van der Waals surface area contributed by atoms with Crippen LogP contribution in [0.5, 0.6) is 0 Å². The van der Waals surface area contributed by atoms with Gasteiger partial charge in [0.15, 0.2) is 5.78 Å². The number of hydrogen-bond acceptors (Lipinski definition) is 2. The van der Waals surface area contributed by atoms with Crippen molar-refractivity contribution in [3.8, 4) is 0 Å². The van der Waals surface area contributed by atoms with E-state index in [2.05, 4.69) is 21.2 Å². The average Bonchev–Trinajstić information content (AvgIpc) is 3.37. The second kappa shape index (κ2) is 6.92. The summed E-state index contributed by atoms with van der Waals surface area (Å²) in [6.07, 6.45) is 5.45. The summed E-state index contributed by atoms with van der Waals surface area (Å²) < 4.78 is 0.878. The maximum atomic E-state index is 12.1. The normalized spacial score (nSPS) is 14.0. The van der Waals surface area contributed by atoms with Crippen LogP contribution in [0.2, 0.25) is 0 Å². The summed E-state index contributed by atoms with van der Waals surface area (Å²) in [6.45, 7) is 0. The lowest BCUT2D eigenvalue weighted by atomic mass is 10.1. The third kappa shape index (κ3) is 4.39. The molecule has 0 atom stereocenters. The molecule has 116 valence electrons. The van der Waals surface area contributed by atoms with Crippen molar-refractivity contribution in [3.05, 3.63) is 75.8 Å². The monoisotopic (exact) mass is 369 g/mol. The summed E-state index contributed by atoms with van der Waals surface area (Å²) in [6, 6.07) is 14.9. The van der Waals surface area contributed by atoms with E-state index in [0.29, 0.717) is 17.2 Å². The zero-order valence-electron chi connectivity index (χ0n) is 12.5. The van der Waals surface area contributed by atoms with E-state index in [0.717, 1.165) is 22.9 Å². The Morgan fingerprint density at radius 2 is 1.78 bits per heavy atom. The Hall–Kier alpha value is -2.20. The van der Waals surface area contributed by atoms with E-state index in [1.165, 1.54) is 0 Å². The minimum Gasteiger partial charge on any atom is -0.349 e. The lowest BCUT2D eigenvalue weighted by Crippen LogP contribution is -2.25. The number of carbonyl (C=O) groups is 2. The van der Waals surface area contributed by atoms with E-state index < -0.39 is 0 Å². The van der Waals surface area contributed by atoms with Gasteiger partial charge in [0.05, 0.1) is 0 Å². The fraction of sp³-hybridized carbons (Fsp3) is 0.158. The van der Waals surface area contributed by atoms with Gasteiger partial charge >= 0.3 is 0 Å². The molecule has 0 radical (unpaired) electrons. The number of rotatable bonds is 5. The Kier molecular flexibility index (Phi) is 4.72. The zero-order valence-corrected chi connectivity index (χ0v) is 14.0. The van der Waals surface area contributed by atoms with Crippen molar-refractivity contribution in [1.29, 1.82) is 0 Å². The molecule has 2 aromatic rings. The van der Waals surface area contributed by atoms with E-state index in [-0.39, 0.29) is 11.7 Å². The highest BCUT2D eigenvalue weighted by Crippen LogP contribution is 2.19. The zero-order chi connectivity index (χ0) is 16.2. The lowest BCUT2D eigenvalue weighted by molar-refractivity contribution is 0.0950. The van der Waals surface area contributed by atoms with Gasteiger partial charge in [0, 0.05) is 21.6 Å². The Balaban J connectivity index is 1.65. The standard InChI is InChI=1S/C19H16BrNO2/c20-16-3-1-2-15(12-16)18(22)11-6-13-4-7-14(8-5-13)19(23)21-17-9-10-17/h1-8,11-12,17H,9-10H2,(H,21,23). The molecule has 1 aliphatic rings. The highest BCUT2D eigenvalue weighted by Gasteiger charge is 2.23. The van der Waals surface area contributed by atoms with Crippen molar-refractivity contribution >= 4 is 33.7 Å². The highest BCUT2D eigenvalue weighted by atomic mass is 79.9. The van der Waals surface area contributed by atoms with Crippen LogP contribution in [0, 0.1) is 0 Å². The fourth-order valence-electron chi connectivity index (χ4n) is 2.15. The molecular formula is C19H16BrNO2. The quantitative estimate of drug-likeness (QED) is 0.632. The predicted octanol–water partition coefficient (Wildman–Crippen LogP) is 4.24. The number of hydrogen-bond donors (Lipinski definition) is 1. The first-order chi connectivity index (χ1) is 11.1. The largest absolute Gasteiger partial charge is 0.349 e. The van der Waals surface area contributed by atoms with Gasteiger partial charge in [0.25, 0.3) is 5.91 Å². The van der Waals surface area contributed by atoms with E-state index in [4.69, 9.17) is 0 Å². The average molecular weight is 370 g/mol. The maximum absolute atomic E-state index is 12.1. The molecule has 3 nitrogen and oxygen atoms in total. The third-order valence-electron chi connectivity index (χ3n) is 3.62. The van der Waals surface area contributed by atoms with Gasteiger partial charge in [-0.05, 0) is 48.7 Å². The van der Waals surface area contributed by atoms with Crippen LogP contribution in [0.4, 0.5) is 0 Å². The molecular weight excluding hydrogens is 354 g/mol. The molecule has 0 saturated heterocycles. The van der Waals surface area contributed by atoms with Gasteiger partial charge in [-0.15, -0.1) is 0 Å². The van der Waals surface area contributed by atoms with Crippen LogP contribution >= 0.6 is 15.9 Å². The molecule has 2 aromatic carbocycles. The van der Waals surface area contributed by atoms with E-state index in [1.54, 1.807) is 36.4 Å². The lowest BCUT2D eigenvalue weighted by Gasteiger charge is -2.03.